The van der Waals surface area contributed by atoms with Crippen LogP contribution in [0.3, 0.4) is 0 Å². The van der Waals surface area contributed by atoms with Gasteiger partial charge in [-0.15, -0.1) is 0 Å². The first-order valence-electron chi connectivity index (χ1n) is 2.63. The van der Waals surface area contributed by atoms with Gasteiger partial charge in [-0.1, -0.05) is 6.08 Å². The minimum atomic E-state index is -0.633. The van der Waals surface area contributed by atoms with Crippen molar-refractivity contribution in [1.29, 1.82) is 0 Å². The fourth-order valence-corrected chi connectivity index (χ4v) is 0.250. The summed E-state index contributed by atoms with van der Waals surface area (Å²) in [6.45, 7) is 3.24. The highest BCUT2D eigenvalue weighted by molar-refractivity contribution is 5.87. The van der Waals surface area contributed by atoms with Crippen molar-refractivity contribution in [2.24, 2.45) is 5.16 Å². The lowest BCUT2D eigenvalue weighted by atomic mass is 10.3. The summed E-state index contributed by atoms with van der Waals surface area (Å²) in [6, 6.07) is 0. The van der Waals surface area contributed by atoms with Crippen LogP contribution in [-0.4, -0.2) is 12.0 Å². The summed E-state index contributed by atoms with van der Waals surface area (Å²) in [5.41, 5.74) is 0.402. The molecule has 0 saturated heterocycles. The van der Waals surface area contributed by atoms with Crippen LogP contribution in [-0.2, 0) is 14.4 Å². The van der Waals surface area contributed by atoms with Crippen molar-refractivity contribution in [1.82, 2.24) is 0 Å². The molecule has 0 spiro atoms. The fourth-order valence-electron chi connectivity index (χ4n) is 0.250. The van der Waals surface area contributed by atoms with Crippen LogP contribution in [0.4, 0.5) is 0 Å². The molecule has 0 aliphatic carbocycles. The molecular weight excluding hydrogens is 134 g/mol. The van der Waals surface area contributed by atoms with Gasteiger partial charge >= 0.3 is 5.97 Å². The molecule has 0 aromatic carbocycles. The number of rotatable bonds is 2. The van der Waals surface area contributed by atoms with Gasteiger partial charge in [0.15, 0.2) is 0 Å². The Morgan fingerprint density at radius 3 is 2.70 bits per heavy atom. The second-order valence-electron chi connectivity index (χ2n) is 1.53. The third-order valence-electron chi connectivity index (χ3n) is 0.921. The van der Waals surface area contributed by atoms with Gasteiger partial charge in [-0.05, 0) is 13.8 Å². The first-order chi connectivity index (χ1) is 4.72. The van der Waals surface area contributed by atoms with E-state index in [0.717, 1.165) is 6.08 Å². The van der Waals surface area contributed by atoms with Gasteiger partial charge in [0.05, 0.1) is 0 Å². The first kappa shape index (κ1) is 8.59. The van der Waals surface area contributed by atoms with Crippen molar-refractivity contribution >= 4 is 12.0 Å². The lowest BCUT2D eigenvalue weighted by molar-refractivity contribution is -0.138. The molecule has 0 aliphatic heterocycles. The molecule has 0 rings (SSSR count). The van der Waals surface area contributed by atoms with Crippen LogP contribution in [0, 0.1) is 0 Å². The molecule has 0 heterocycles. The van der Waals surface area contributed by atoms with Gasteiger partial charge in [-0.3, -0.25) is 0 Å². The zero-order valence-electron chi connectivity index (χ0n) is 5.75. The Labute approximate surface area is 58.2 Å². The van der Waals surface area contributed by atoms with Crippen LogP contribution < -0.4 is 0 Å². The molecule has 0 atom stereocenters. The molecule has 0 aromatic heterocycles. The van der Waals surface area contributed by atoms with Crippen LogP contribution in [0.1, 0.15) is 13.8 Å². The second-order valence-corrected chi connectivity index (χ2v) is 1.53. The summed E-state index contributed by atoms with van der Waals surface area (Å²) in [4.78, 5) is 24.0. The Morgan fingerprint density at radius 2 is 2.30 bits per heavy atom. The zero-order chi connectivity index (χ0) is 7.98. The van der Waals surface area contributed by atoms with Crippen molar-refractivity contribution in [2.45, 2.75) is 13.8 Å². The van der Waals surface area contributed by atoms with E-state index in [-0.39, 0.29) is 0 Å². The third kappa shape index (κ3) is 2.79. The Bertz CT molecular complexity index is 201. The minimum Gasteiger partial charge on any atom is -0.302 e. The molecule has 0 N–H and O–H groups in total. The number of isocyanates is 1. The number of nitrogens with zero attached hydrogens (tertiary/aromatic N) is 1. The topological polar surface area (TPSA) is 55.7 Å². The van der Waals surface area contributed by atoms with Crippen LogP contribution >= 0.6 is 0 Å². The second kappa shape index (κ2) is 4.47. The van der Waals surface area contributed by atoms with E-state index in [0.29, 0.717) is 5.57 Å². The lowest BCUT2D eigenvalue weighted by Crippen LogP contribution is -1.99. The van der Waals surface area contributed by atoms with Crippen LogP contribution in [0.2, 0.25) is 0 Å². The summed E-state index contributed by atoms with van der Waals surface area (Å²) in [7, 11) is 0. The van der Waals surface area contributed by atoms with Gasteiger partial charge in [-0.2, -0.15) is 0 Å². The quantitative estimate of drug-likeness (QED) is 0.187. The van der Waals surface area contributed by atoms with E-state index in [4.69, 9.17) is 0 Å². The average Bonchev–Trinajstić information content (AvgIpc) is 1.98. The molecule has 4 nitrogen and oxygen atoms in total. The molecule has 0 saturated carbocycles. The van der Waals surface area contributed by atoms with E-state index >= 15 is 0 Å². The minimum absolute atomic E-state index is 0.402. The van der Waals surface area contributed by atoms with E-state index in [9.17, 15) is 9.59 Å². The molecule has 10 heavy (non-hydrogen) atoms. The fraction of sp³-hybridized carbons (Fsp3) is 0.333. The van der Waals surface area contributed by atoms with Gasteiger partial charge in [0.25, 0.3) is 6.08 Å². The predicted octanol–water partition coefficient (Wildman–Crippen LogP) is 0.747. The number of carbonyl (C=O) groups is 1. The molecule has 4 heteroatoms. The number of allylic oxidation sites excluding steroid dienone is 1. The van der Waals surface area contributed by atoms with Gasteiger partial charge in [0.1, 0.15) is 0 Å². The summed E-state index contributed by atoms with van der Waals surface area (Å²) in [6.07, 6.45) is 2.64. The zero-order valence-corrected chi connectivity index (χ0v) is 5.75. The Morgan fingerprint density at radius 1 is 1.70 bits per heavy atom. The van der Waals surface area contributed by atoms with Crippen LogP contribution in [0.5, 0.6) is 0 Å². The van der Waals surface area contributed by atoms with E-state index in [1.807, 2.05) is 0 Å². The predicted molar refractivity (Wildman–Crippen MR) is 33.6 cm³/mol. The Kier molecular flexibility index (Phi) is 3.84. The highest BCUT2D eigenvalue weighted by Gasteiger charge is 2.02. The van der Waals surface area contributed by atoms with E-state index < -0.39 is 5.97 Å². The van der Waals surface area contributed by atoms with Gasteiger partial charge in [-0.25, -0.2) is 9.59 Å². The van der Waals surface area contributed by atoms with Crippen LogP contribution in [0.25, 0.3) is 0 Å². The molecular formula is C6H7NO3. The standard InChI is InChI=1S/C6H7NO3/c1-3-5(2)6(9)10-7-4-8/h3H,1-2H3. The summed E-state index contributed by atoms with van der Waals surface area (Å²) in [5, 5.41) is 2.64. The van der Waals surface area contributed by atoms with Gasteiger partial charge in [0, 0.05) is 10.7 Å². The highest BCUT2D eigenvalue weighted by atomic mass is 16.7. The average molecular weight is 141 g/mol. The van der Waals surface area contributed by atoms with Crippen molar-refractivity contribution in [3.05, 3.63) is 11.6 Å². The largest absolute Gasteiger partial charge is 0.362 e. The smallest absolute Gasteiger partial charge is 0.302 e. The number of hydrogen-bond donors (Lipinski definition) is 0. The molecule has 0 aliphatic rings. The molecule has 54 valence electrons. The summed E-state index contributed by atoms with van der Waals surface area (Å²) in [5.74, 6) is -0.633. The Hall–Kier alpha value is -1.41. The molecule has 0 unspecified atom stereocenters. The van der Waals surface area contributed by atoms with Crippen molar-refractivity contribution in [3.8, 4) is 0 Å². The van der Waals surface area contributed by atoms with E-state index in [1.165, 1.54) is 0 Å². The maximum Gasteiger partial charge on any atom is 0.362 e. The molecule has 0 radical (unpaired) electrons. The summed E-state index contributed by atoms with van der Waals surface area (Å²) >= 11 is 0. The van der Waals surface area contributed by atoms with Gasteiger partial charge in [0.2, 0.25) is 0 Å². The molecule has 0 fully saturated rings. The van der Waals surface area contributed by atoms with E-state index in [2.05, 4.69) is 9.99 Å². The Balaban J connectivity index is 3.98. The lowest BCUT2D eigenvalue weighted by Gasteiger charge is -1.91. The normalized spacial score (nSPS) is 10.0. The third-order valence-corrected chi connectivity index (χ3v) is 0.921. The first-order valence-corrected chi connectivity index (χ1v) is 2.63. The maximum absolute atomic E-state index is 10.6. The van der Waals surface area contributed by atoms with Crippen LogP contribution in [0.15, 0.2) is 16.8 Å². The molecule has 0 bridgehead atoms. The van der Waals surface area contributed by atoms with Gasteiger partial charge < -0.3 is 4.84 Å². The summed E-state index contributed by atoms with van der Waals surface area (Å²) < 4.78 is 0. The monoisotopic (exact) mass is 141 g/mol. The van der Waals surface area contributed by atoms with Crippen molar-refractivity contribution in [2.75, 3.05) is 0 Å². The number of hydrogen-bond acceptors (Lipinski definition) is 4. The SMILES string of the molecule is CC=C(C)C(=O)ON=C=O. The molecule has 0 aromatic rings. The van der Waals surface area contributed by atoms with Crippen molar-refractivity contribution in [3.63, 3.8) is 0 Å². The highest BCUT2D eigenvalue weighted by Crippen LogP contribution is 1.94. The molecule has 0 amide bonds. The van der Waals surface area contributed by atoms with E-state index in [1.54, 1.807) is 19.9 Å². The maximum atomic E-state index is 10.6. The number of carbonyl (C=O) groups excluding carboxylic acids is 2. The van der Waals surface area contributed by atoms with Crippen molar-refractivity contribution < 1.29 is 14.4 Å².